The van der Waals surface area contributed by atoms with Crippen molar-refractivity contribution in [1.82, 2.24) is 0 Å². The van der Waals surface area contributed by atoms with Gasteiger partial charge in [-0.05, 0) is 30.9 Å². The Bertz CT molecular complexity index is 520. The number of ketones is 1. The number of ether oxygens (including phenoxy) is 1. The lowest BCUT2D eigenvalue weighted by Gasteiger charge is -2.35. The van der Waals surface area contributed by atoms with E-state index in [0.717, 1.165) is 25.7 Å². The molecule has 1 aromatic carbocycles. The highest BCUT2D eigenvalue weighted by Crippen LogP contribution is 2.44. The maximum Gasteiger partial charge on any atom is 0.337 e. The van der Waals surface area contributed by atoms with E-state index in [1.165, 1.54) is 20.0 Å². The Morgan fingerprint density at radius 3 is 1.91 bits per heavy atom. The second-order valence-corrected chi connectivity index (χ2v) is 6.62. The van der Waals surface area contributed by atoms with Crippen LogP contribution in [0.15, 0.2) is 24.3 Å². The van der Waals surface area contributed by atoms with Gasteiger partial charge >= 0.3 is 5.97 Å². The van der Waals surface area contributed by atoms with Gasteiger partial charge in [-0.25, -0.2) is 4.79 Å². The highest BCUT2D eigenvalue weighted by atomic mass is 16.5. The van der Waals surface area contributed by atoms with E-state index in [1.54, 1.807) is 24.3 Å². The summed E-state index contributed by atoms with van der Waals surface area (Å²) < 4.78 is 4.70. The van der Waals surface area contributed by atoms with Gasteiger partial charge in [-0.15, -0.1) is 0 Å². The molecule has 1 aromatic rings. The van der Waals surface area contributed by atoms with Crippen LogP contribution in [0.25, 0.3) is 0 Å². The predicted octanol–water partition coefficient (Wildman–Crippen LogP) is 4.65. The van der Waals surface area contributed by atoms with Crippen LogP contribution in [0.1, 0.15) is 73.1 Å². The first-order valence-electron chi connectivity index (χ1n) is 8.24. The standard InChI is InChI=1S/C19H26O3/c1-14(2)19(12-6-4-5-7-13-19)17(20)15-8-10-16(11-9-15)18(21)22-3/h8-11,14H,4-7,12-13H2,1-3H3. The summed E-state index contributed by atoms with van der Waals surface area (Å²) >= 11 is 0. The minimum atomic E-state index is -0.368. The summed E-state index contributed by atoms with van der Waals surface area (Å²) in [5, 5.41) is 0. The van der Waals surface area contributed by atoms with Gasteiger partial charge in [0.15, 0.2) is 5.78 Å². The van der Waals surface area contributed by atoms with Gasteiger partial charge in [0.1, 0.15) is 0 Å². The molecule has 3 heteroatoms. The zero-order chi connectivity index (χ0) is 16.2. The highest BCUT2D eigenvalue weighted by Gasteiger charge is 2.41. The molecule has 0 aromatic heterocycles. The van der Waals surface area contributed by atoms with Gasteiger partial charge < -0.3 is 4.74 Å². The quantitative estimate of drug-likeness (QED) is 0.462. The summed E-state index contributed by atoms with van der Waals surface area (Å²) in [4.78, 5) is 24.7. The van der Waals surface area contributed by atoms with Crippen LogP contribution in [0, 0.1) is 11.3 Å². The van der Waals surface area contributed by atoms with Crippen LogP contribution in [0.5, 0.6) is 0 Å². The Hall–Kier alpha value is -1.64. The molecular weight excluding hydrogens is 276 g/mol. The van der Waals surface area contributed by atoms with E-state index in [9.17, 15) is 9.59 Å². The number of hydrogen-bond donors (Lipinski definition) is 0. The topological polar surface area (TPSA) is 43.4 Å². The van der Waals surface area contributed by atoms with Crippen molar-refractivity contribution < 1.29 is 14.3 Å². The van der Waals surface area contributed by atoms with Gasteiger partial charge in [-0.1, -0.05) is 51.7 Å². The summed E-state index contributed by atoms with van der Waals surface area (Å²) in [6.45, 7) is 4.32. The molecule has 0 aliphatic heterocycles. The average Bonchev–Trinajstić information content (AvgIpc) is 2.80. The van der Waals surface area contributed by atoms with E-state index < -0.39 is 0 Å². The maximum atomic E-state index is 13.2. The van der Waals surface area contributed by atoms with Crippen LogP contribution in [-0.2, 0) is 4.74 Å². The van der Waals surface area contributed by atoms with E-state index in [-0.39, 0.29) is 17.2 Å². The van der Waals surface area contributed by atoms with E-state index in [4.69, 9.17) is 4.74 Å². The van der Waals surface area contributed by atoms with Crippen LogP contribution >= 0.6 is 0 Å². The van der Waals surface area contributed by atoms with Gasteiger partial charge in [0.25, 0.3) is 0 Å². The molecule has 1 saturated carbocycles. The van der Waals surface area contributed by atoms with Gasteiger partial charge in [0.05, 0.1) is 12.7 Å². The van der Waals surface area contributed by atoms with Crippen LogP contribution in [-0.4, -0.2) is 18.9 Å². The number of carbonyl (C=O) groups excluding carboxylic acids is 2. The van der Waals surface area contributed by atoms with Crippen molar-refractivity contribution in [3.8, 4) is 0 Å². The lowest BCUT2D eigenvalue weighted by atomic mass is 9.67. The molecule has 0 N–H and O–H groups in total. The molecule has 1 aliphatic carbocycles. The third-order valence-corrected chi connectivity index (χ3v) is 5.12. The number of benzene rings is 1. The molecule has 22 heavy (non-hydrogen) atoms. The van der Waals surface area contributed by atoms with Gasteiger partial charge in [0, 0.05) is 11.0 Å². The molecule has 0 bridgehead atoms. The molecule has 2 rings (SSSR count). The molecule has 0 atom stereocenters. The number of methoxy groups -OCH3 is 1. The molecule has 1 fully saturated rings. The zero-order valence-electron chi connectivity index (χ0n) is 13.9. The van der Waals surface area contributed by atoms with Gasteiger partial charge in [-0.2, -0.15) is 0 Å². The van der Waals surface area contributed by atoms with Gasteiger partial charge in [-0.3, -0.25) is 4.79 Å². The van der Waals surface area contributed by atoms with E-state index in [1.807, 2.05) is 0 Å². The number of rotatable bonds is 4. The van der Waals surface area contributed by atoms with Gasteiger partial charge in [0.2, 0.25) is 0 Å². The van der Waals surface area contributed by atoms with Crippen molar-refractivity contribution in [2.45, 2.75) is 52.4 Å². The van der Waals surface area contributed by atoms with Crippen molar-refractivity contribution >= 4 is 11.8 Å². The molecule has 0 spiro atoms. The van der Waals surface area contributed by atoms with Crippen molar-refractivity contribution in [1.29, 1.82) is 0 Å². The van der Waals surface area contributed by atoms with E-state index >= 15 is 0 Å². The Labute approximate surface area is 133 Å². The molecule has 0 heterocycles. The monoisotopic (exact) mass is 302 g/mol. The molecule has 3 nitrogen and oxygen atoms in total. The first kappa shape index (κ1) is 16.7. The minimum Gasteiger partial charge on any atom is -0.465 e. The minimum absolute atomic E-state index is 0.237. The van der Waals surface area contributed by atoms with E-state index in [2.05, 4.69) is 13.8 Å². The lowest BCUT2D eigenvalue weighted by molar-refractivity contribution is 0.0598. The highest BCUT2D eigenvalue weighted by molar-refractivity contribution is 6.01. The summed E-state index contributed by atoms with van der Waals surface area (Å²) in [5.41, 5.74) is 0.949. The summed E-state index contributed by atoms with van der Waals surface area (Å²) in [6.07, 6.45) is 6.66. The zero-order valence-corrected chi connectivity index (χ0v) is 13.9. The number of hydrogen-bond acceptors (Lipinski definition) is 3. The van der Waals surface area contributed by atoms with Crippen LogP contribution in [0.2, 0.25) is 0 Å². The lowest BCUT2D eigenvalue weighted by Crippen LogP contribution is -2.36. The Morgan fingerprint density at radius 1 is 0.955 bits per heavy atom. The van der Waals surface area contributed by atoms with Crippen molar-refractivity contribution in [3.63, 3.8) is 0 Å². The van der Waals surface area contributed by atoms with Crippen LogP contribution < -0.4 is 0 Å². The SMILES string of the molecule is COC(=O)c1ccc(C(=O)C2(C(C)C)CCCCCC2)cc1. The molecule has 0 saturated heterocycles. The average molecular weight is 302 g/mol. The first-order chi connectivity index (χ1) is 10.5. The molecule has 120 valence electrons. The van der Waals surface area contributed by atoms with Crippen molar-refractivity contribution in [3.05, 3.63) is 35.4 Å². The third kappa shape index (κ3) is 3.23. The predicted molar refractivity (Wildman–Crippen MR) is 87.1 cm³/mol. The molecule has 0 amide bonds. The molecule has 0 radical (unpaired) electrons. The summed E-state index contributed by atoms with van der Waals surface area (Å²) in [5.74, 6) is 0.200. The summed E-state index contributed by atoms with van der Waals surface area (Å²) in [6, 6.07) is 6.90. The maximum absolute atomic E-state index is 13.2. The van der Waals surface area contributed by atoms with E-state index in [0.29, 0.717) is 17.0 Å². The molecule has 1 aliphatic rings. The largest absolute Gasteiger partial charge is 0.465 e. The van der Waals surface area contributed by atoms with Crippen molar-refractivity contribution in [2.75, 3.05) is 7.11 Å². The second kappa shape index (κ2) is 7.08. The fourth-order valence-corrected chi connectivity index (χ4v) is 3.59. The Morgan fingerprint density at radius 2 is 1.45 bits per heavy atom. The first-order valence-corrected chi connectivity index (χ1v) is 8.24. The number of carbonyl (C=O) groups is 2. The fourth-order valence-electron chi connectivity index (χ4n) is 3.59. The van der Waals surface area contributed by atoms with Crippen LogP contribution in [0.4, 0.5) is 0 Å². The smallest absolute Gasteiger partial charge is 0.337 e. The Kier molecular flexibility index (Phi) is 5.38. The van der Waals surface area contributed by atoms with Crippen molar-refractivity contribution in [2.24, 2.45) is 11.3 Å². The molecular formula is C19H26O3. The number of esters is 1. The van der Waals surface area contributed by atoms with Crippen LogP contribution in [0.3, 0.4) is 0 Å². The summed E-state index contributed by atoms with van der Waals surface area (Å²) in [7, 11) is 1.36. The fraction of sp³-hybridized carbons (Fsp3) is 0.579. The molecule has 0 unspecified atom stereocenters. The normalized spacial score (nSPS) is 17.8. The Balaban J connectivity index is 2.29. The number of Topliss-reactive ketones (excluding diaryl/α,β-unsaturated/α-hetero) is 1. The third-order valence-electron chi connectivity index (χ3n) is 5.12. The second-order valence-electron chi connectivity index (χ2n) is 6.62.